The lowest BCUT2D eigenvalue weighted by Crippen LogP contribution is -2.24. The molecule has 0 bridgehead atoms. The molecular formula is C17H26ClNO4S. The summed E-state index contributed by atoms with van der Waals surface area (Å²) in [5.41, 5.74) is 0. The maximum atomic E-state index is 12.0. The number of sulfonamides is 1. The maximum absolute atomic E-state index is 12.0. The van der Waals surface area contributed by atoms with Crippen molar-refractivity contribution in [1.82, 2.24) is 4.72 Å². The molecule has 1 unspecified atom stereocenters. The Kier molecular flexibility index (Phi) is 9.33. The fraction of sp³-hybridized carbons (Fsp3) is 0.588. The van der Waals surface area contributed by atoms with Gasteiger partial charge < -0.3 is 5.11 Å². The number of rotatable bonds is 12. The lowest BCUT2D eigenvalue weighted by molar-refractivity contribution is -0.141. The Morgan fingerprint density at radius 2 is 1.62 bits per heavy atom. The minimum Gasteiger partial charge on any atom is -0.481 e. The first-order valence-corrected chi connectivity index (χ1v) is 10.2. The molecule has 1 aromatic carbocycles. The van der Waals surface area contributed by atoms with Gasteiger partial charge in [-0.25, -0.2) is 13.1 Å². The van der Waals surface area contributed by atoms with Crippen molar-refractivity contribution in [3.8, 4) is 0 Å². The van der Waals surface area contributed by atoms with Crippen LogP contribution < -0.4 is 4.72 Å². The Bertz CT molecular complexity index is 602. The zero-order chi connectivity index (χ0) is 18.0. The number of unbranched alkanes of at least 4 members (excludes halogenated alkanes) is 5. The fourth-order valence-corrected chi connectivity index (χ4v) is 3.51. The van der Waals surface area contributed by atoms with Crippen molar-refractivity contribution in [1.29, 1.82) is 0 Å². The zero-order valence-corrected chi connectivity index (χ0v) is 15.6. The molecule has 2 N–H and O–H groups in total. The van der Waals surface area contributed by atoms with Crippen LogP contribution in [-0.2, 0) is 14.8 Å². The van der Waals surface area contributed by atoms with Crippen LogP contribution >= 0.6 is 11.6 Å². The summed E-state index contributed by atoms with van der Waals surface area (Å²) in [4.78, 5) is 10.9. The normalized spacial score (nSPS) is 12.9. The van der Waals surface area contributed by atoms with Crippen LogP contribution in [0.5, 0.6) is 0 Å². The van der Waals surface area contributed by atoms with Crippen molar-refractivity contribution >= 4 is 27.6 Å². The SMILES string of the molecule is CC(CCCCCCCCNS(=O)(=O)c1ccc(Cl)cc1)C(=O)O. The molecule has 1 aromatic rings. The number of carboxylic acids is 1. The Hall–Kier alpha value is -1.11. The molecule has 5 nitrogen and oxygen atoms in total. The molecule has 0 fully saturated rings. The molecule has 0 aromatic heterocycles. The highest BCUT2D eigenvalue weighted by Gasteiger charge is 2.12. The third kappa shape index (κ3) is 8.13. The fourth-order valence-electron chi connectivity index (χ4n) is 2.31. The topological polar surface area (TPSA) is 83.5 Å². The van der Waals surface area contributed by atoms with Crippen LogP contribution in [0.1, 0.15) is 51.9 Å². The van der Waals surface area contributed by atoms with Crippen LogP contribution in [0.25, 0.3) is 0 Å². The van der Waals surface area contributed by atoms with Gasteiger partial charge in [0.15, 0.2) is 0 Å². The van der Waals surface area contributed by atoms with Gasteiger partial charge in [0, 0.05) is 11.6 Å². The molecule has 0 saturated heterocycles. The van der Waals surface area contributed by atoms with Crippen LogP contribution in [-0.4, -0.2) is 26.0 Å². The van der Waals surface area contributed by atoms with E-state index in [2.05, 4.69) is 4.72 Å². The van der Waals surface area contributed by atoms with E-state index in [0.29, 0.717) is 11.6 Å². The van der Waals surface area contributed by atoms with Gasteiger partial charge in [0.05, 0.1) is 10.8 Å². The van der Waals surface area contributed by atoms with Crippen LogP contribution in [0.3, 0.4) is 0 Å². The van der Waals surface area contributed by atoms with Gasteiger partial charge in [-0.05, 0) is 37.1 Å². The smallest absolute Gasteiger partial charge is 0.306 e. The van der Waals surface area contributed by atoms with Gasteiger partial charge in [-0.1, -0.05) is 50.6 Å². The number of benzene rings is 1. The third-order valence-corrected chi connectivity index (χ3v) is 5.63. The molecule has 0 heterocycles. The lowest BCUT2D eigenvalue weighted by atomic mass is 10.0. The average molecular weight is 376 g/mol. The van der Waals surface area contributed by atoms with Crippen molar-refractivity contribution in [2.75, 3.05) is 6.54 Å². The van der Waals surface area contributed by atoms with Crippen molar-refractivity contribution in [3.05, 3.63) is 29.3 Å². The number of aliphatic carboxylic acids is 1. The summed E-state index contributed by atoms with van der Waals surface area (Å²) in [7, 11) is -3.46. The van der Waals surface area contributed by atoms with Crippen LogP contribution in [0, 0.1) is 5.92 Å². The standard InChI is InChI=1S/C17H26ClNO4S/c1-14(17(20)21)8-6-4-2-3-5-7-13-19-24(22,23)16-11-9-15(18)10-12-16/h9-12,14,19H,2-8,13H2,1H3,(H,20,21). The van der Waals surface area contributed by atoms with E-state index in [1.165, 1.54) is 12.1 Å². The quantitative estimate of drug-likeness (QED) is 0.539. The van der Waals surface area contributed by atoms with E-state index in [1.807, 2.05) is 0 Å². The van der Waals surface area contributed by atoms with E-state index < -0.39 is 16.0 Å². The molecular weight excluding hydrogens is 350 g/mol. The van der Waals surface area contributed by atoms with E-state index >= 15 is 0 Å². The van der Waals surface area contributed by atoms with Crippen molar-refractivity contribution in [3.63, 3.8) is 0 Å². The summed E-state index contributed by atoms with van der Waals surface area (Å²) in [6.07, 6.45) is 6.50. The Balaban J connectivity index is 2.09. The molecule has 0 aliphatic rings. The number of carboxylic acid groups (broad SMARTS) is 1. The highest BCUT2D eigenvalue weighted by atomic mass is 35.5. The van der Waals surface area contributed by atoms with E-state index in [9.17, 15) is 13.2 Å². The molecule has 0 saturated carbocycles. The van der Waals surface area contributed by atoms with Crippen molar-refractivity contribution < 1.29 is 18.3 Å². The zero-order valence-electron chi connectivity index (χ0n) is 14.0. The van der Waals surface area contributed by atoms with Gasteiger partial charge >= 0.3 is 5.97 Å². The first-order valence-electron chi connectivity index (χ1n) is 8.31. The third-order valence-electron chi connectivity index (χ3n) is 3.90. The second-order valence-electron chi connectivity index (χ2n) is 6.00. The molecule has 0 aliphatic carbocycles. The molecule has 0 spiro atoms. The maximum Gasteiger partial charge on any atom is 0.306 e. The minimum atomic E-state index is -3.46. The summed E-state index contributed by atoms with van der Waals surface area (Å²) < 4.78 is 26.7. The molecule has 7 heteroatoms. The number of hydrogen-bond donors (Lipinski definition) is 2. The summed E-state index contributed by atoms with van der Waals surface area (Å²) in [5.74, 6) is -1.00. The monoisotopic (exact) mass is 375 g/mol. The predicted molar refractivity (Wildman–Crippen MR) is 95.8 cm³/mol. The molecule has 0 radical (unpaired) electrons. The van der Waals surface area contributed by atoms with E-state index in [4.69, 9.17) is 16.7 Å². The predicted octanol–water partition coefficient (Wildman–Crippen LogP) is 4.07. The van der Waals surface area contributed by atoms with Crippen molar-refractivity contribution in [2.45, 2.75) is 56.8 Å². The van der Waals surface area contributed by atoms with Crippen LogP contribution in [0.15, 0.2) is 29.2 Å². The van der Waals surface area contributed by atoms with Crippen molar-refractivity contribution in [2.24, 2.45) is 5.92 Å². The van der Waals surface area contributed by atoms with Gasteiger partial charge in [-0.3, -0.25) is 4.79 Å². The van der Waals surface area contributed by atoms with Gasteiger partial charge in [0.1, 0.15) is 0 Å². The largest absolute Gasteiger partial charge is 0.481 e. The number of halogens is 1. The Labute approximate surface area is 149 Å². The number of hydrogen-bond acceptors (Lipinski definition) is 3. The first kappa shape index (κ1) is 20.9. The second kappa shape index (κ2) is 10.7. The van der Waals surface area contributed by atoms with E-state index in [1.54, 1.807) is 19.1 Å². The van der Waals surface area contributed by atoms with Gasteiger partial charge in [-0.2, -0.15) is 0 Å². The molecule has 1 atom stereocenters. The number of nitrogens with one attached hydrogen (secondary N) is 1. The minimum absolute atomic E-state index is 0.222. The van der Waals surface area contributed by atoms with Gasteiger partial charge in [0.25, 0.3) is 0 Å². The highest BCUT2D eigenvalue weighted by molar-refractivity contribution is 7.89. The second-order valence-corrected chi connectivity index (χ2v) is 8.20. The van der Waals surface area contributed by atoms with E-state index in [-0.39, 0.29) is 10.8 Å². The highest BCUT2D eigenvalue weighted by Crippen LogP contribution is 2.14. The average Bonchev–Trinajstić information content (AvgIpc) is 2.53. The molecule has 1 rings (SSSR count). The summed E-state index contributed by atoms with van der Waals surface area (Å²) in [5, 5.41) is 9.29. The molecule has 0 amide bonds. The first-order chi connectivity index (χ1) is 11.3. The molecule has 24 heavy (non-hydrogen) atoms. The van der Waals surface area contributed by atoms with Crippen LogP contribution in [0.4, 0.5) is 0 Å². The van der Waals surface area contributed by atoms with E-state index in [0.717, 1.165) is 44.9 Å². The lowest BCUT2D eigenvalue weighted by Gasteiger charge is -2.07. The number of carbonyl (C=O) groups is 1. The van der Waals surface area contributed by atoms with Gasteiger partial charge in [-0.15, -0.1) is 0 Å². The Morgan fingerprint density at radius 1 is 1.08 bits per heavy atom. The summed E-state index contributed by atoms with van der Waals surface area (Å²) >= 11 is 5.75. The summed E-state index contributed by atoms with van der Waals surface area (Å²) in [6, 6.07) is 6.09. The molecule has 136 valence electrons. The van der Waals surface area contributed by atoms with Gasteiger partial charge in [0.2, 0.25) is 10.0 Å². The summed E-state index contributed by atoms with van der Waals surface area (Å²) in [6.45, 7) is 2.15. The van der Waals surface area contributed by atoms with Crippen LogP contribution in [0.2, 0.25) is 5.02 Å². The Morgan fingerprint density at radius 3 is 2.21 bits per heavy atom. The molecule has 0 aliphatic heterocycles.